The van der Waals surface area contributed by atoms with E-state index in [-0.39, 0.29) is 6.10 Å². The zero-order valence-electron chi connectivity index (χ0n) is 13.1. The normalized spacial score (nSPS) is 11.5. The van der Waals surface area contributed by atoms with E-state index in [1.807, 2.05) is 39.0 Å². The van der Waals surface area contributed by atoms with E-state index in [1.54, 1.807) is 18.3 Å². The van der Waals surface area contributed by atoms with Crippen molar-refractivity contribution in [3.8, 4) is 17.0 Å². The van der Waals surface area contributed by atoms with Crippen molar-refractivity contribution < 1.29 is 13.2 Å². The molecule has 0 unspecified atom stereocenters. The molecule has 6 heteroatoms. The Labute approximate surface area is 131 Å². The summed E-state index contributed by atoms with van der Waals surface area (Å²) in [6.45, 7) is 5.86. The number of sulfonamides is 1. The van der Waals surface area contributed by atoms with Gasteiger partial charge in [-0.25, -0.2) is 8.42 Å². The second-order valence-corrected chi connectivity index (χ2v) is 7.20. The molecule has 0 saturated carbocycles. The highest BCUT2D eigenvalue weighted by Gasteiger charge is 2.08. The van der Waals surface area contributed by atoms with Gasteiger partial charge in [-0.3, -0.25) is 9.71 Å². The van der Waals surface area contributed by atoms with Crippen molar-refractivity contribution in [2.24, 2.45) is 0 Å². The molecule has 0 bridgehead atoms. The molecule has 0 atom stereocenters. The van der Waals surface area contributed by atoms with Crippen LogP contribution in [0.1, 0.15) is 19.4 Å². The zero-order chi connectivity index (χ0) is 16.3. The zero-order valence-corrected chi connectivity index (χ0v) is 13.9. The van der Waals surface area contributed by atoms with Crippen molar-refractivity contribution >= 4 is 15.7 Å². The van der Waals surface area contributed by atoms with Gasteiger partial charge in [-0.15, -0.1) is 0 Å². The van der Waals surface area contributed by atoms with Gasteiger partial charge in [-0.05, 0) is 44.5 Å². The van der Waals surface area contributed by atoms with Crippen molar-refractivity contribution in [3.63, 3.8) is 0 Å². The Balaban J connectivity index is 2.33. The summed E-state index contributed by atoms with van der Waals surface area (Å²) in [6, 6.07) is 9.06. The maximum Gasteiger partial charge on any atom is 0.229 e. The first-order valence-corrected chi connectivity index (χ1v) is 8.85. The minimum atomic E-state index is -3.28. The third-order valence-corrected chi connectivity index (χ3v) is 3.52. The highest BCUT2D eigenvalue weighted by molar-refractivity contribution is 7.92. The molecular formula is C16H20N2O3S. The standard InChI is InChI=1S/C16H20N2O3S/c1-11(2)21-14-7-8-17-16(10-14)15-6-5-13(9-12(15)3)18-22(4,19)20/h5-11,18H,1-4H3. The Kier molecular flexibility index (Phi) is 4.71. The molecule has 2 aromatic rings. The number of benzene rings is 1. The van der Waals surface area contributed by atoms with Crippen LogP contribution in [0.2, 0.25) is 0 Å². The van der Waals surface area contributed by atoms with Crippen molar-refractivity contribution in [3.05, 3.63) is 42.1 Å². The predicted octanol–water partition coefficient (Wildman–Crippen LogP) is 3.22. The first-order valence-electron chi connectivity index (χ1n) is 6.96. The van der Waals surface area contributed by atoms with Gasteiger partial charge in [-0.1, -0.05) is 6.07 Å². The van der Waals surface area contributed by atoms with Gasteiger partial charge in [0.2, 0.25) is 10.0 Å². The van der Waals surface area contributed by atoms with Gasteiger partial charge < -0.3 is 4.74 Å². The van der Waals surface area contributed by atoms with Gasteiger partial charge in [-0.2, -0.15) is 0 Å². The Morgan fingerprint density at radius 3 is 2.50 bits per heavy atom. The largest absolute Gasteiger partial charge is 0.491 e. The lowest BCUT2D eigenvalue weighted by Gasteiger charge is -2.12. The summed E-state index contributed by atoms with van der Waals surface area (Å²) in [5.74, 6) is 0.762. The Hall–Kier alpha value is -2.08. The molecule has 0 aliphatic carbocycles. The molecule has 1 aromatic carbocycles. The van der Waals surface area contributed by atoms with Gasteiger partial charge in [0.25, 0.3) is 0 Å². The third-order valence-electron chi connectivity index (χ3n) is 2.91. The fraction of sp³-hybridized carbons (Fsp3) is 0.312. The number of aryl methyl sites for hydroxylation is 1. The highest BCUT2D eigenvalue weighted by atomic mass is 32.2. The molecule has 0 saturated heterocycles. The molecule has 2 rings (SSSR count). The van der Waals surface area contributed by atoms with Crippen LogP contribution in [0.5, 0.6) is 5.75 Å². The molecule has 5 nitrogen and oxygen atoms in total. The lowest BCUT2D eigenvalue weighted by molar-refractivity contribution is 0.242. The summed E-state index contributed by atoms with van der Waals surface area (Å²) in [5, 5.41) is 0. The van der Waals surface area contributed by atoms with E-state index in [9.17, 15) is 8.42 Å². The summed E-state index contributed by atoms with van der Waals surface area (Å²) in [4.78, 5) is 4.36. The molecule has 0 amide bonds. The van der Waals surface area contributed by atoms with Gasteiger partial charge in [0.15, 0.2) is 0 Å². The van der Waals surface area contributed by atoms with E-state index in [1.165, 1.54) is 0 Å². The van der Waals surface area contributed by atoms with Crippen LogP contribution in [0.4, 0.5) is 5.69 Å². The van der Waals surface area contributed by atoms with Gasteiger partial charge in [0.1, 0.15) is 5.75 Å². The van der Waals surface area contributed by atoms with Gasteiger partial charge >= 0.3 is 0 Å². The summed E-state index contributed by atoms with van der Waals surface area (Å²) in [6.07, 6.45) is 2.93. The number of anilines is 1. The number of pyridine rings is 1. The van der Waals surface area contributed by atoms with Crippen LogP contribution < -0.4 is 9.46 Å². The number of ether oxygens (including phenoxy) is 1. The molecule has 0 radical (unpaired) electrons. The topological polar surface area (TPSA) is 68.3 Å². The molecule has 22 heavy (non-hydrogen) atoms. The molecule has 118 valence electrons. The summed E-state index contributed by atoms with van der Waals surface area (Å²) in [5.41, 5.74) is 3.20. The number of nitrogens with one attached hydrogen (secondary N) is 1. The molecule has 0 fully saturated rings. The summed E-state index contributed by atoms with van der Waals surface area (Å²) in [7, 11) is -3.28. The minimum absolute atomic E-state index is 0.0951. The van der Waals surface area contributed by atoms with E-state index in [0.29, 0.717) is 5.69 Å². The summed E-state index contributed by atoms with van der Waals surface area (Å²) >= 11 is 0. The van der Waals surface area contributed by atoms with Crippen molar-refractivity contribution in [1.29, 1.82) is 0 Å². The van der Waals surface area contributed by atoms with E-state index in [0.717, 1.165) is 28.8 Å². The number of nitrogens with zero attached hydrogens (tertiary/aromatic N) is 1. The molecular weight excluding hydrogens is 300 g/mol. The first kappa shape index (κ1) is 16.3. The third kappa shape index (κ3) is 4.46. The van der Waals surface area contributed by atoms with Crippen molar-refractivity contribution in [2.75, 3.05) is 11.0 Å². The van der Waals surface area contributed by atoms with Crippen LogP contribution in [-0.4, -0.2) is 25.8 Å². The van der Waals surface area contributed by atoms with Crippen LogP contribution in [-0.2, 0) is 10.0 Å². The van der Waals surface area contributed by atoms with E-state index in [2.05, 4.69) is 9.71 Å². The fourth-order valence-electron chi connectivity index (χ4n) is 2.13. The predicted molar refractivity (Wildman–Crippen MR) is 88.6 cm³/mol. The SMILES string of the molecule is Cc1cc(NS(C)(=O)=O)ccc1-c1cc(OC(C)C)ccn1. The van der Waals surface area contributed by atoms with Crippen molar-refractivity contribution in [1.82, 2.24) is 4.98 Å². The molecule has 1 N–H and O–H groups in total. The van der Waals surface area contributed by atoms with Gasteiger partial charge in [0, 0.05) is 23.5 Å². The second-order valence-electron chi connectivity index (χ2n) is 5.45. The molecule has 0 aliphatic heterocycles. The second kappa shape index (κ2) is 6.36. The van der Waals surface area contributed by atoms with Crippen LogP contribution in [0.15, 0.2) is 36.5 Å². The van der Waals surface area contributed by atoms with E-state index < -0.39 is 10.0 Å². The van der Waals surface area contributed by atoms with Crippen molar-refractivity contribution in [2.45, 2.75) is 26.9 Å². The Bertz CT molecular complexity index is 771. The Morgan fingerprint density at radius 2 is 1.91 bits per heavy atom. The molecule has 1 heterocycles. The highest BCUT2D eigenvalue weighted by Crippen LogP contribution is 2.27. The number of rotatable bonds is 5. The maximum absolute atomic E-state index is 11.3. The Morgan fingerprint density at radius 1 is 1.18 bits per heavy atom. The molecule has 0 aliphatic rings. The number of hydrogen-bond donors (Lipinski definition) is 1. The summed E-state index contributed by atoms with van der Waals surface area (Å²) < 4.78 is 30.7. The quantitative estimate of drug-likeness (QED) is 0.918. The first-order chi connectivity index (χ1) is 10.2. The lowest BCUT2D eigenvalue weighted by Crippen LogP contribution is -2.09. The average molecular weight is 320 g/mol. The van der Waals surface area contributed by atoms with E-state index in [4.69, 9.17) is 4.74 Å². The van der Waals surface area contributed by atoms with Gasteiger partial charge in [0.05, 0.1) is 18.1 Å². The maximum atomic E-state index is 11.3. The fourth-order valence-corrected chi connectivity index (χ4v) is 2.69. The molecule has 1 aromatic heterocycles. The average Bonchev–Trinajstić information content (AvgIpc) is 2.36. The van der Waals surface area contributed by atoms with E-state index >= 15 is 0 Å². The van der Waals surface area contributed by atoms with Crippen LogP contribution in [0, 0.1) is 6.92 Å². The number of aromatic nitrogens is 1. The van der Waals surface area contributed by atoms with Crippen LogP contribution >= 0.6 is 0 Å². The lowest BCUT2D eigenvalue weighted by atomic mass is 10.0. The monoisotopic (exact) mass is 320 g/mol. The number of hydrogen-bond acceptors (Lipinski definition) is 4. The molecule has 0 spiro atoms. The van der Waals surface area contributed by atoms with Crippen LogP contribution in [0.25, 0.3) is 11.3 Å². The minimum Gasteiger partial charge on any atom is -0.491 e. The van der Waals surface area contributed by atoms with Crippen LogP contribution in [0.3, 0.4) is 0 Å². The smallest absolute Gasteiger partial charge is 0.229 e.